The van der Waals surface area contributed by atoms with Crippen molar-refractivity contribution >= 4 is 5.78 Å². The second kappa shape index (κ2) is 3.17. The van der Waals surface area contributed by atoms with Crippen molar-refractivity contribution in [2.45, 2.75) is 38.6 Å². The van der Waals surface area contributed by atoms with Crippen LogP contribution in [-0.4, -0.2) is 29.8 Å². The Morgan fingerprint density at radius 3 is 2.83 bits per heavy atom. The maximum absolute atomic E-state index is 11.2. The summed E-state index contributed by atoms with van der Waals surface area (Å²) in [5.74, 6) is 1.32. The summed E-state index contributed by atoms with van der Waals surface area (Å²) in [6.45, 7) is 3.87. The van der Waals surface area contributed by atoms with E-state index in [4.69, 9.17) is 0 Å². The van der Waals surface area contributed by atoms with Gasteiger partial charge >= 0.3 is 0 Å². The smallest absolute Gasteiger partial charge is 0.146 e. The van der Waals surface area contributed by atoms with E-state index in [0.717, 1.165) is 18.5 Å². The van der Waals surface area contributed by atoms with E-state index in [0.29, 0.717) is 12.2 Å². The molecule has 1 aliphatic carbocycles. The standard InChI is InChI=1S/C10H17NO/c1-2-10(12)7-11-6-8-3-4-9(11)5-8/h8-9H,2-7H2,1H3/t8-,9+/m1/s1. The first-order valence-corrected chi connectivity index (χ1v) is 5.05. The molecule has 2 atom stereocenters. The van der Waals surface area contributed by atoms with Crippen LogP contribution in [0.5, 0.6) is 0 Å². The number of piperidine rings is 1. The maximum Gasteiger partial charge on any atom is 0.146 e. The quantitative estimate of drug-likeness (QED) is 0.634. The monoisotopic (exact) mass is 167 g/mol. The molecule has 1 aliphatic heterocycles. The molecule has 0 aromatic heterocycles. The van der Waals surface area contributed by atoms with Crippen LogP contribution in [0.1, 0.15) is 32.6 Å². The fourth-order valence-corrected chi connectivity index (χ4v) is 2.56. The van der Waals surface area contributed by atoms with Gasteiger partial charge in [0, 0.05) is 19.0 Å². The summed E-state index contributed by atoms with van der Waals surface area (Å²) in [6, 6.07) is 0.755. The molecular formula is C10H17NO. The third kappa shape index (κ3) is 1.40. The van der Waals surface area contributed by atoms with Gasteiger partial charge in [0.2, 0.25) is 0 Å². The second-order valence-corrected chi connectivity index (χ2v) is 4.15. The SMILES string of the molecule is CCC(=O)CN1C[C@@H]2CC[C@H]1C2. The first-order chi connectivity index (χ1) is 5.79. The average Bonchev–Trinajstić information content (AvgIpc) is 2.64. The number of ketones is 1. The lowest BCUT2D eigenvalue weighted by atomic mass is 10.1. The molecule has 12 heavy (non-hydrogen) atoms. The van der Waals surface area contributed by atoms with E-state index in [9.17, 15) is 4.79 Å². The Bertz CT molecular complexity index is 190. The summed E-state index contributed by atoms with van der Waals surface area (Å²) in [6.07, 6.45) is 4.80. The number of hydrogen-bond donors (Lipinski definition) is 0. The van der Waals surface area contributed by atoms with Crippen LogP contribution in [0, 0.1) is 5.92 Å². The molecule has 2 nitrogen and oxygen atoms in total. The minimum Gasteiger partial charge on any atom is -0.298 e. The Labute approximate surface area is 73.9 Å². The first kappa shape index (κ1) is 8.24. The third-order valence-corrected chi connectivity index (χ3v) is 3.30. The van der Waals surface area contributed by atoms with E-state index in [1.807, 2.05) is 6.92 Å². The lowest BCUT2D eigenvalue weighted by Gasteiger charge is -2.25. The number of Topliss-reactive ketones (excluding diaryl/α,β-unsaturated/α-hetero) is 1. The molecule has 0 spiro atoms. The van der Waals surface area contributed by atoms with Crippen molar-refractivity contribution in [3.8, 4) is 0 Å². The van der Waals surface area contributed by atoms with Crippen molar-refractivity contribution in [2.24, 2.45) is 5.92 Å². The van der Waals surface area contributed by atoms with Gasteiger partial charge in [-0.15, -0.1) is 0 Å². The second-order valence-electron chi connectivity index (χ2n) is 4.15. The zero-order chi connectivity index (χ0) is 8.55. The van der Waals surface area contributed by atoms with E-state index in [2.05, 4.69) is 4.90 Å². The first-order valence-electron chi connectivity index (χ1n) is 5.05. The highest BCUT2D eigenvalue weighted by Crippen LogP contribution is 2.36. The number of carbonyl (C=O) groups excluding carboxylic acids is 1. The number of hydrogen-bond acceptors (Lipinski definition) is 2. The van der Waals surface area contributed by atoms with Gasteiger partial charge in [0.15, 0.2) is 0 Å². The molecule has 1 heterocycles. The molecule has 0 aromatic rings. The molecule has 0 unspecified atom stereocenters. The largest absolute Gasteiger partial charge is 0.298 e. The van der Waals surface area contributed by atoms with Gasteiger partial charge in [0.25, 0.3) is 0 Å². The van der Waals surface area contributed by atoms with Crippen LogP contribution in [0.25, 0.3) is 0 Å². The number of fused-ring (bicyclic) bond motifs is 2. The van der Waals surface area contributed by atoms with Crippen LogP contribution < -0.4 is 0 Å². The summed E-state index contributed by atoms with van der Waals surface area (Å²) >= 11 is 0. The highest BCUT2D eigenvalue weighted by molar-refractivity contribution is 5.80. The van der Waals surface area contributed by atoms with Crippen LogP contribution in [0.3, 0.4) is 0 Å². The number of nitrogens with zero attached hydrogens (tertiary/aromatic N) is 1. The Morgan fingerprint density at radius 1 is 1.50 bits per heavy atom. The molecule has 1 saturated carbocycles. The van der Waals surface area contributed by atoms with Crippen LogP contribution in [0.4, 0.5) is 0 Å². The summed E-state index contributed by atoms with van der Waals surface area (Å²) in [4.78, 5) is 13.6. The maximum atomic E-state index is 11.2. The van der Waals surface area contributed by atoms with Crippen molar-refractivity contribution in [3.63, 3.8) is 0 Å². The average molecular weight is 167 g/mol. The summed E-state index contributed by atoms with van der Waals surface area (Å²) in [5, 5.41) is 0. The van der Waals surface area contributed by atoms with Crippen molar-refractivity contribution in [3.05, 3.63) is 0 Å². The molecule has 2 heteroatoms. The van der Waals surface area contributed by atoms with E-state index in [1.54, 1.807) is 0 Å². The minimum atomic E-state index is 0.405. The zero-order valence-electron chi connectivity index (χ0n) is 7.75. The highest BCUT2D eigenvalue weighted by Gasteiger charge is 2.37. The molecule has 1 saturated heterocycles. The molecule has 0 N–H and O–H groups in total. The van der Waals surface area contributed by atoms with Crippen LogP contribution in [0.2, 0.25) is 0 Å². The van der Waals surface area contributed by atoms with Gasteiger partial charge in [-0.1, -0.05) is 6.92 Å². The topological polar surface area (TPSA) is 20.3 Å². The zero-order valence-corrected chi connectivity index (χ0v) is 7.75. The summed E-state index contributed by atoms with van der Waals surface area (Å²) in [7, 11) is 0. The van der Waals surface area contributed by atoms with Crippen LogP contribution in [0.15, 0.2) is 0 Å². The van der Waals surface area contributed by atoms with Gasteiger partial charge in [-0.2, -0.15) is 0 Å². The number of likely N-dealkylation sites (tertiary alicyclic amines) is 1. The fourth-order valence-electron chi connectivity index (χ4n) is 2.56. The summed E-state index contributed by atoms with van der Waals surface area (Å²) in [5.41, 5.74) is 0. The van der Waals surface area contributed by atoms with Crippen LogP contribution in [-0.2, 0) is 4.79 Å². The molecule has 0 aromatic carbocycles. The Morgan fingerprint density at radius 2 is 2.33 bits per heavy atom. The normalized spacial score (nSPS) is 34.4. The van der Waals surface area contributed by atoms with Crippen molar-refractivity contribution in [1.82, 2.24) is 4.90 Å². The van der Waals surface area contributed by atoms with Gasteiger partial charge < -0.3 is 0 Å². The lowest BCUT2D eigenvalue weighted by Crippen LogP contribution is -2.36. The molecule has 68 valence electrons. The van der Waals surface area contributed by atoms with Crippen LogP contribution >= 0.6 is 0 Å². The number of carbonyl (C=O) groups is 1. The molecule has 2 bridgehead atoms. The predicted molar refractivity (Wildman–Crippen MR) is 48.0 cm³/mol. The highest BCUT2D eigenvalue weighted by atomic mass is 16.1. The van der Waals surface area contributed by atoms with Crippen molar-refractivity contribution in [2.75, 3.05) is 13.1 Å². The van der Waals surface area contributed by atoms with E-state index >= 15 is 0 Å². The van der Waals surface area contributed by atoms with Gasteiger partial charge in [-0.3, -0.25) is 9.69 Å². The van der Waals surface area contributed by atoms with E-state index in [-0.39, 0.29) is 0 Å². The summed E-state index contributed by atoms with van der Waals surface area (Å²) < 4.78 is 0. The molecule has 2 fully saturated rings. The third-order valence-electron chi connectivity index (χ3n) is 3.30. The molecule has 0 amide bonds. The lowest BCUT2D eigenvalue weighted by molar-refractivity contribution is -0.120. The number of rotatable bonds is 3. The van der Waals surface area contributed by atoms with E-state index in [1.165, 1.54) is 25.8 Å². The molecule has 0 radical (unpaired) electrons. The molecule has 2 aliphatic rings. The minimum absolute atomic E-state index is 0.405. The Balaban J connectivity index is 1.86. The van der Waals surface area contributed by atoms with Gasteiger partial charge in [-0.25, -0.2) is 0 Å². The molecular weight excluding hydrogens is 150 g/mol. The predicted octanol–water partition coefficient (Wildman–Crippen LogP) is 1.45. The Hall–Kier alpha value is -0.370. The van der Waals surface area contributed by atoms with Gasteiger partial charge in [0.1, 0.15) is 5.78 Å². The Kier molecular flexibility index (Phi) is 2.18. The van der Waals surface area contributed by atoms with Gasteiger partial charge in [-0.05, 0) is 25.2 Å². The molecule has 2 rings (SSSR count). The fraction of sp³-hybridized carbons (Fsp3) is 0.900. The van der Waals surface area contributed by atoms with E-state index < -0.39 is 0 Å². The van der Waals surface area contributed by atoms with Crippen molar-refractivity contribution in [1.29, 1.82) is 0 Å². The van der Waals surface area contributed by atoms with Gasteiger partial charge in [0.05, 0.1) is 6.54 Å². The van der Waals surface area contributed by atoms with Crippen molar-refractivity contribution < 1.29 is 4.79 Å².